The van der Waals surface area contributed by atoms with Gasteiger partial charge in [-0.05, 0) is 56.5 Å². The number of thioether (sulfide) groups is 2. The Morgan fingerprint density at radius 3 is 1.86 bits per heavy atom. The van der Waals surface area contributed by atoms with Crippen molar-refractivity contribution < 1.29 is 43.2 Å². The lowest BCUT2D eigenvalue weighted by molar-refractivity contribution is -0.142. The molecule has 366 valence electrons. The van der Waals surface area contributed by atoms with Crippen LogP contribution in [0.15, 0.2) is 9.98 Å². The zero-order valence-electron chi connectivity index (χ0n) is 37.1. The summed E-state index contributed by atoms with van der Waals surface area (Å²) >= 11 is 2.73. The highest BCUT2D eigenvalue weighted by Crippen LogP contribution is 2.25. The molecule has 2 saturated heterocycles. The highest BCUT2D eigenvalue weighted by Gasteiger charge is 2.40. The summed E-state index contributed by atoms with van der Waals surface area (Å²) in [5.41, 5.74) is 27.5. The predicted molar refractivity (Wildman–Crippen MR) is 255 cm³/mol. The number of guanidine groups is 2. The number of nitrogens with zero attached hydrogens (tertiary/aromatic N) is 3. The first-order valence-electron chi connectivity index (χ1n) is 20.8. The highest BCUT2D eigenvalue weighted by molar-refractivity contribution is 8.76. The minimum Gasteiger partial charge on any atom is -0.370 e. The van der Waals surface area contributed by atoms with Crippen LogP contribution in [0.5, 0.6) is 0 Å². The molecule has 0 radical (unpaired) electrons. The number of rotatable bonds is 15. The van der Waals surface area contributed by atoms with Crippen molar-refractivity contribution in [3.05, 3.63) is 0 Å². The zero-order valence-corrected chi connectivity index (χ0v) is 40.3. The summed E-state index contributed by atoms with van der Waals surface area (Å²) in [6, 6.07) is -8.23. The summed E-state index contributed by atoms with van der Waals surface area (Å²) in [6.45, 7) is 4.44. The molecule has 0 aromatic rings. The van der Waals surface area contributed by atoms with Gasteiger partial charge in [-0.25, -0.2) is 0 Å². The molecule has 0 aromatic heterocycles. The van der Waals surface area contributed by atoms with E-state index in [4.69, 9.17) is 28.7 Å². The van der Waals surface area contributed by atoms with E-state index < -0.39 is 102 Å². The molecule has 2 aliphatic rings. The molecule has 2 heterocycles. The summed E-state index contributed by atoms with van der Waals surface area (Å²) in [4.78, 5) is 130. The Kier molecular flexibility index (Phi) is 25.7. The van der Waals surface area contributed by atoms with Crippen LogP contribution in [0.3, 0.4) is 0 Å². The number of carbonyl (C=O) groups excluding carboxylic acids is 9. The van der Waals surface area contributed by atoms with E-state index in [9.17, 15) is 43.2 Å². The van der Waals surface area contributed by atoms with Gasteiger partial charge >= 0.3 is 0 Å². The van der Waals surface area contributed by atoms with Crippen molar-refractivity contribution >= 4 is 110 Å². The highest BCUT2D eigenvalue weighted by atomic mass is 33.1. The Hall–Kier alpha value is -4.83. The first kappa shape index (κ1) is 56.3. The third-order valence-electron chi connectivity index (χ3n) is 9.54. The lowest BCUT2D eigenvalue weighted by Crippen LogP contribution is -2.60. The van der Waals surface area contributed by atoms with Crippen LogP contribution in [0.4, 0.5) is 0 Å². The van der Waals surface area contributed by atoms with Crippen molar-refractivity contribution in [3.8, 4) is 0 Å². The van der Waals surface area contributed by atoms with E-state index in [1.807, 2.05) is 20.1 Å². The second-order valence-electron chi connectivity index (χ2n) is 15.4. The minimum atomic E-state index is -1.25. The molecule has 0 spiro atoms. The van der Waals surface area contributed by atoms with Crippen LogP contribution in [0.25, 0.3) is 0 Å². The number of aliphatic imine (C=N–C) groups is 2. The van der Waals surface area contributed by atoms with Gasteiger partial charge in [0.25, 0.3) is 0 Å². The number of amides is 9. The molecular formula is C37H65N15O9S4. The van der Waals surface area contributed by atoms with Crippen molar-refractivity contribution in [2.75, 3.05) is 54.8 Å². The molecular weight excluding hydrogens is 927 g/mol. The van der Waals surface area contributed by atoms with Crippen LogP contribution in [0.2, 0.25) is 0 Å². The number of nitrogens with two attached hydrogens (primary N) is 5. The van der Waals surface area contributed by atoms with E-state index in [2.05, 4.69) is 47.2 Å². The molecule has 17 N–H and O–H groups in total. The van der Waals surface area contributed by atoms with E-state index in [0.29, 0.717) is 5.75 Å². The second kappa shape index (κ2) is 29.7. The fourth-order valence-corrected chi connectivity index (χ4v) is 10.3. The van der Waals surface area contributed by atoms with Gasteiger partial charge in [0.2, 0.25) is 53.2 Å². The van der Waals surface area contributed by atoms with Crippen molar-refractivity contribution in [1.29, 1.82) is 0 Å². The Morgan fingerprint density at radius 1 is 0.738 bits per heavy atom. The Balaban J connectivity index is 2.61. The van der Waals surface area contributed by atoms with Gasteiger partial charge in [-0.15, -0.1) is 11.8 Å². The Morgan fingerprint density at radius 2 is 1.29 bits per heavy atom. The molecule has 9 amide bonds. The number of primary amides is 1. The van der Waals surface area contributed by atoms with E-state index >= 15 is 0 Å². The number of hydrogen-bond acceptors (Lipinski definition) is 15. The van der Waals surface area contributed by atoms with Gasteiger partial charge in [0.15, 0.2) is 11.9 Å². The molecule has 0 aromatic carbocycles. The van der Waals surface area contributed by atoms with Crippen molar-refractivity contribution in [3.63, 3.8) is 0 Å². The second-order valence-corrected chi connectivity index (χ2v) is 20.0. The molecule has 24 nitrogen and oxygen atoms in total. The fourth-order valence-electron chi connectivity index (χ4n) is 6.29. The van der Waals surface area contributed by atoms with Gasteiger partial charge < -0.3 is 70.8 Å². The summed E-state index contributed by atoms with van der Waals surface area (Å²) in [5.74, 6) is -6.23. The summed E-state index contributed by atoms with van der Waals surface area (Å²) in [6.07, 6.45) is 2.57. The molecule has 0 unspecified atom stereocenters. The number of carbonyl (C=O) groups is 9. The normalized spacial score (nSPS) is 24.8. The summed E-state index contributed by atoms with van der Waals surface area (Å²) < 4.78 is 0. The Bertz CT molecular complexity index is 1740. The number of nitrogens with one attached hydrogen (secondary N) is 7. The minimum absolute atomic E-state index is 0.00380. The topological polar surface area (TPSA) is 396 Å². The first-order valence-corrected chi connectivity index (χ1v) is 25.8. The first-order chi connectivity index (χ1) is 30.7. The van der Waals surface area contributed by atoms with E-state index in [1.54, 1.807) is 0 Å². The van der Waals surface area contributed by atoms with Crippen LogP contribution >= 0.6 is 45.1 Å². The SMILES string of the molecule is CSCC[C@@H]1NC(=O)[C@H](NC(C)=O)CSSC[C@@H](C(N)=O)NC(=O)CNC(=O)[C@H](CCCN=C(N)N)NC(=O)[C@H](CC(C)C)NC(=O)[C@H](CCCN=C(N)N)NC(=O)[C@@H]2CSCN2C1=O. The van der Waals surface area contributed by atoms with E-state index in [0.717, 1.165) is 21.6 Å². The predicted octanol–water partition coefficient (Wildman–Crippen LogP) is -4.28. The van der Waals surface area contributed by atoms with E-state index in [-0.39, 0.29) is 92.6 Å². The average Bonchev–Trinajstić information content (AvgIpc) is 3.73. The molecule has 0 aliphatic carbocycles. The largest absolute Gasteiger partial charge is 0.370 e. The van der Waals surface area contributed by atoms with Gasteiger partial charge in [-0.2, -0.15) is 11.8 Å². The van der Waals surface area contributed by atoms with Gasteiger partial charge in [0, 0.05) is 37.3 Å². The molecule has 65 heavy (non-hydrogen) atoms. The maximum Gasteiger partial charge on any atom is 0.246 e. The van der Waals surface area contributed by atoms with Gasteiger partial charge in [0.1, 0.15) is 42.3 Å². The maximum absolute atomic E-state index is 14.2. The third kappa shape index (κ3) is 21.4. The van der Waals surface area contributed by atoms with Crippen LogP contribution in [0, 0.1) is 5.92 Å². The van der Waals surface area contributed by atoms with E-state index in [1.165, 1.54) is 35.3 Å². The van der Waals surface area contributed by atoms with Crippen LogP contribution < -0.4 is 65.9 Å². The van der Waals surface area contributed by atoms with Crippen molar-refractivity contribution in [2.24, 2.45) is 44.6 Å². The molecule has 0 saturated carbocycles. The average molecular weight is 992 g/mol. The molecule has 2 aliphatic heterocycles. The summed E-state index contributed by atoms with van der Waals surface area (Å²) in [7, 11) is 2.17. The lowest BCUT2D eigenvalue weighted by Gasteiger charge is -2.30. The lowest BCUT2D eigenvalue weighted by atomic mass is 10.0. The van der Waals surface area contributed by atoms with Crippen LogP contribution in [-0.4, -0.2) is 167 Å². The number of fused-ring (bicyclic) bond motifs is 1. The Labute approximate surface area is 394 Å². The zero-order chi connectivity index (χ0) is 48.6. The molecule has 7 atom stereocenters. The third-order valence-corrected chi connectivity index (χ3v) is 13.6. The van der Waals surface area contributed by atoms with Crippen LogP contribution in [0.1, 0.15) is 59.3 Å². The molecule has 0 bridgehead atoms. The number of hydrogen-bond donors (Lipinski definition) is 12. The van der Waals surface area contributed by atoms with Gasteiger partial charge in [-0.3, -0.25) is 53.1 Å². The van der Waals surface area contributed by atoms with Gasteiger partial charge in [-0.1, -0.05) is 35.4 Å². The smallest absolute Gasteiger partial charge is 0.246 e. The standard InChI is InChI=1S/C37H65N15O9S4/c1-19(2)13-24-32(58)48-21(7-5-10-43-36(39)40)30(56)45-14-28(54)47-25(29(38)55)15-64-65-16-26(46-20(3)53)33(59)50-23(9-12-62-4)35(61)52-18-63-17-27(52)34(60)49-22(31(57)51-24)8-6-11-44-37(41)42/h19,21-27H,5-18H2,1-4H3,(H2,38,55)(H,45,56)(H,46,53)(H,47,54)(H,48,58)(H,49,60)(H,50,59)(H,51,57)(H4,39,40,43)(H4,41,42,44)/t21-,22-,23-,24-,25-,26+,27-/m0/s1. The van der Waals surface area contributed by atoms with Crippen molar-refractivity contribution in [2.45, 2.75) is 102 Å². The van der Waals surface area contributed by atoms with Crippen molar-refractivity contribution in [1.82, 2.24) is 42.1 Å². The van der Waals surface area contributed by atoms with Crippen LogP contribution in [-0.2, 0) is 43.2 Å². The quantitative estimate of drug-likeness (QED) is 0.0320. The monoisotopic (exact) mass is 991 g/mol. The molecule has 2 rings (SSSR count). The maximum atomic E-state index is 14.2. The van der Waals surface area contributed by atoms with Gasteiger partial charge in [0.05, 0.1) is 12.4 Å². The summed E-state index contributed by atoms with van der Waals surface area (Å²) in [5, 5.41) is 18.4. The fraction of sp³-hybridized carbons (Fsp3) is 0.703. The molecule has 2 fully saturated rings. The molecule has 28 heteroatoms.